The van der Waals surface area contributed by atoms with E-state index in [4.69, 9.17) is 10.4 Å². The number of nitriles is 1. The summed E-state index contributed by atoms with van der Waals surface area (Å²) in [6.45, 7) is 1.57. The topological polar surface area (TPSA) is 64.3 Å². The van der Waals surface area contributed by atoms with Gasteiger partial charge in [-0.25, -0.2) is 0 Å². The molecule has 1 saturated carbocycles. The summed E-state index contributed by atoms with van der Waals surface area (Å²) in [4.78, 5) is 12.8. The average Bonchev–Trinajstić information content (AvgIpc) is 3.13. The lowest BCUT2D eigenvalue weighted by atomic mass is 10.1. The van der Waals surface area contributed by atoms with Gasteiger partial charge in [0.15, 0.2) is 0 Å². The van der Waals surface area contributed by atoms with Gasteiger partial charge in [0.05, 0.1) is 18.2 Å². The minimum atomic E-state index is -0.788. The Kier molecular flexibility index (Phi) is 3.96. The highest BCUT2D eigenvalue weighted by molar-refractivity contribution is 5.69. The fourth-order valence-corrected chi connectivity index (χ4v) is 1.98. The lowest BCUT2D eigenvalue weighted by Gasteiger charge is -2.20. The van der Waals surface area contributed by atoms with Gasteiger partial charge in [0.1, 0.15) is 0 Å². The Hall–Kier alpha value is -1.86. The molecule has 0 aliphatic heterocycles. The Morgan fingerprint density at radius 2 is 2.06 bits per heavy atom. The van der Waals surface area contributed by atoms with Gasteiger partial charge in [-0.3, -0.25) is 9.69 Å². The first-order valence-electron chi connectivity index (χ1n) is 6.10. The highest BCUT2D eigenvalue weighted by atomic mass is 16.4. The van der Waals surface area contributed by atoms with E-state index in [-0.39, 0.29) is 6.54 Å². The molecule has 0 spiro atoms. The van der Waals surface area contributed by atoms with Gasteiger partial charge in [-0.2, -0.15) is 5.26 Å². The lowest BCUT2D eigenvalue weighted by molar-refractivity contribution is -0.138. The van der Waals surface area contributed by atoms with Crippen LogP contribution < -0.4 is 0 Å². The zero-order chi connectivity index (χ0) is 13.0. The first kappa shape index (κ1) is 12.6. The maximum Gasteiger partial charge on any atom is 0.317 e. The van der Waals surface area contributed by atoms with E-state index in [1.165, 1.54) is 12.8 Å². The van der Waals surface area contributed by atoms with E-state index < -0.39 is 5.97 Å². The van der Waals surface area contributed by atoms with Crippen molar-refractivity contribution in [3.63, 3.8) is 0 Å². The van der Waals surface area contributed by atoms with Crippen LogP contribution in [-0.4, -0.2) is 29.1 Å². The zero-order valence-electron chi connectivity index (χ0n) is 10.2. The van der Waals surface area contributed by atoms with Crippen LogP contribution >= 0.6 is 0 Å². The third kappa shape index (κ3) is 3.86. The number of nitrogens with zero attached hydrogens (tertiary/aromatic N) is 2. The smallest absolute Gasteiger partial charge is 0.317 e. The molecule has 0 saturated heterocycles. The summed E-state index contributed by atoms with van der Waals surface area (Å²) in [5.41, 5.74) is 1.68. The molecule has 1 fully saturated rings. The van der Waals surface area contributed by atoms with Crippen molar-refractivity contribution in [1.29, 1.82) is 5.26 Å². The van der Waals surface area contributed by atoms with Gasteiger partial charge in [0.2, 0.25) is 0 Å². The normalized spacial score (nSPS) is 14.4. The van der Waals surface area contributed by atoms with E-state index >= 15 is 0 Å². The lowest BCUT2D eigenvalue weighted by Crippen LogP contribution is -2.31. The van der Waals surface area contributed by atoms with E-state index in [0.717, 1.165) is 12.1 Å². The van der Waals surface area contributed by atoms with Crippen LogP contribution in [-0.2, 0) is 11.3 Å². The van der Waals surface area contributed by atoms with Gasteiger partial charge in [-0.05, 0) is 36.5 Å². The fraction of sp³-hybridized carbons (Fsp3) is 0.429. The Bertz CT molecular complexity index is 458. The molecule has 0 atom stereocenters. The van der Waals surface area contributed by atoms with Gasteiger partial charge in [0, 0.05) is 13.1 Å². The van der Waals surface area contributed by atoms with Crippen LogP contribution in [0.1, 0.15) is 24.0 Å². The molecule has 0 aromatic heterocycles. The molecule has 0 unspecified atom stereocenters. The van der Waals surface area contributed by atoms with Gasteiger partial charge in [0.25, 0.3) is 0 Å². The van der Waals surface area contributed by atoms with Crippen molar-refractivity contribution in [2.45, 2.75) is 19.4 Å². The molecule has 18 heavy (non-hydrogen) atoms. The summed E-state index contributed by atoms with van der Waals surface area (Å²) < 4.78 is 0. The number of aliphatic carboxylic acids is 1. The van der Waals surface area contributed by atoms with Crippen LogP contribution in [0.3, 0.4) is 0 Å². The summed E-state index contributed by atoms with van der Waals surface area (Å²) in [5, 5.41) is 17.6. The second-order valence-corrected chi connectivity index (χ2v) is 4.82. The number of benzene rings is 1. The second-order valence-electron chi connectivity index (χ2n) is 4.82. The van der Waals surface area contributed by atoms with E-state index in [1.807, 2.05) is 17.0 Å². The highest BCUT2D eigenvalue weighted by Crippen LogP contribution is 2.30. The monoisotopic (exact) mass is 244 g/mol. The Labute approximate surface area is 106 Å². The van der Waals surface area contributed by atoms with Crippen LogP contribution in [0.4, 0.5) is 0 Å². The molecule has 4 nitrogen and oxygen atoms in total. The van der Waals surface area contributed by atoms with Crippen LogP contribution in [0.25, 0.3) is 0 Å². The van der Waals surface area contributed by atoms with E-state index in [2.05, 4.69) is 6.07 Å². The number of rotatable bonds is 6. The molecule has 0 heterocycles. The summed E-state index contributed by atoms with van der Waals surface area (Å²) in [6, 6.07) is 9.39. The molecule has 1 aliphatic rings. The van der Waals surface area contributed by atoms with E-state index in [9.17, 15) is 4.79 Å². The van der Waals surface area contributed by atoms with Gasteiger partial charge in [-0.1, -0.05) is 12.1 Å². The molecule has 2 rings (SSSR count). The largest absolute Gasteiger partial charge is 0.480 e. The van der Waals surface area contributed by atoms with Crippen LogP contribution in [0.15, 0.2) is 24.3 Å². The minimum Gasteiger partial charge on any atom is -0.480 e. The van der Waals surface area contributed by atoms with Crippen LogP contribution in [0, 0.1) is 17.2 Å². The van der Waals surface area contributed by atoms with Gasteiger partial charge < -0.3 is 5.11 Å². The summed E-state index contributed by atoms with van der Waals surface area (Å²) in [6.07, 6.45) is 2.42. The number of hydrogen-bond acceptors (Lipinski definition) is 3. The first-order chi connectivity index (χ1) is 8.67. The molecule has 1 aromatic carbocycles. The Morgan fingerprint density at radius 3 is 2.56 bits per heavy atom. The predicted octanol–water partition coefficient (Wildman–Crippen LogP) is 1.85. The minimum absolute atomic E-state index is 0.0799. The SMILES string of the molecule is N#Cc1ccc(CN(CC(=O)O)CC2CC2)cc1. The molecular formula is C14H16N2O2. The number of carboxylic acid groups (broad SMARTS) is 1. The molecular weight excluding hydrogens is 228 g/mol. The standard InChI is InChI=1S/C14H16N2O2/c15-7-11-1-3-12(4-2-11)8-16(10-14(17)18)9-13-5-6-13/h1-4,13H,5-6,8-10H2,(H,17,18). The highest BCUT2D eigenvalue weighted by Gasteiger charge is 2.25. The molecule has 4 heteroatoms. The Balaban J connectivity index is 1.97. The molecule has 94 valence electrons. The van der Waals surface area contributed by atoms with Crippen LogP contribution in [0.5, 0.6) is 0 Å². The zero-order valence-corrected chi connectivity index (χ0v) is 10.2. The van der Waals surface area contributed by atoms with Crippen LogP contribution in [0.2, 0.25) is 0 Å². The van der Waals surface area contributed by atoms with Crippen molar-refractivity contribution < 1.29 is 9.90 Å². The van der Waals surface area contributed by atoms with E-state index in [1.54, 1.807) is 12.1 Å². The fourth-order valence-electron chi connectivity index (χ4n) is 1.98. The predicted molar refractivity (Wildman–Crippen MR) is 66.8 cm³/mol. The number of hydrogen-bond donors (Lipinski definition) is 1. The van der Waals surface area contributed by atoms with Crippen molar-refractivity contribution in [3.8, 4) is 6.07 Å². The second kappa shape index (κ2) is 5.65. The average molecular weight is 244 g/mol. The maximum absolute atomic E-state index is 10.8. The van der Waals surface area contributed by atoms with E-state index in [0.29, 0.717) is 18.0 Å². The van der Waals surface area contributed by atoms with Crippen molar-refractivity contribution in [2.24, 2.45) is 5.92 Å². The number of carboxylic acids is 1. The number of carbonyl (C=O) groups is 1. The molecule has 0 radical (unpaired) electrons. The van der Waals surface area contributed by atoms with Gasteiger partial charge >= 0.3 is 5.97 Å². The molecule has 1 N–H and O–H groups in total. The third-order valence-corrected chi connectivity index (χ3v) is 3.06. The van der Waals surface area contributed by atoms with Crippen molar-refractivity contribution in [1.82, 2.24) is 4.90 Å². The summed E-state index contributed by atoms with van der Waals surface area (Å²) in [5.74, 6) is -0.118. The van der Waals surface area contributed by atoms with Crippen molar-refractivity contribution >= 4 is 5.97 Å². The van der Waals surface area contributed by atoms with Gasteiger partial charge in [-0.15, -0.1) is 0 Å². The molecule has 0 bridgehead atoms. The quantitative estimate of drug-likeness (QED) is 0.829. The summed E-state index contributed by atoms with van der Waals surface area (Å²) in [7, 11) is 0. The maximum atomic E-state index is 10.8. The first-order valence-corrected chi connectivity index (χ1v) is 6.10. The molecule has 1 aliphatic carbocycles. The summed E-state index contributed by atoms with van der Waals surface area (Å²) >= 11 is 0. The van der Waals surface area contributed by atoms with Crippen molar-refractivity contribution in [3.05, 3.63) is 35.4 Å². The van der Waals surface area contributed by atoms with Crippen molar-refractivity contribution in [2.75, 3.05) is 13.1 Å². The third-order valence-electron chi connectivity index (χ3n) is 3.06. The molecule has 1 aromatic rings. The molecule has 0 amide bonds. The Morgan fingerprint density at radius 1 is 1.39 bits per heavy atom.